The van der Waals surface area contributed by atoms with E-state index < -0.39 is 53.7 Å². The normalized spacial score (nSPS) is 17.3. The van der Waals surface area contributed by atoms with Crippen molar-refractivity contribution >= 4 is 29.5 Å². The number of benzene rings is 3. The molecule has 0 saturated carbocycles. The lowest BCUT2D eigenvalue weighted by Crippen LogP contribution is -2.56. The first-order chi connectivity index (χ1) is 26.8. The van der Waals surface area contributed by atoms with Crippen molar-refractivity contribution in [2.24, 2.45) is 5.73 Å². The number of carbonyl (C=O) groups excluding carboxylic acids is 5. The summed E-state index contributed by atoms with van der Waals surface area (Å²) in [4.78, 5) is 70.4. The van der Waals surface area contributed by atoms with Crippen LogP contribution in [0.1, 0.15) is 91.5 Å². The molecule has 0 saturated heterocycles. The van der Waals surface area contributed by atoms with E-state index in [9.17, 15) is 34.2 Å². The molecule has 4 rings (SSSR count). The van der Waals surface area contributed by atoms with Gasteiger partial charge >= 0.3 is 0 Å². The number of carbonyl (C=O) groups is 5. The van der Waals surface area contributed by atoms with Gasteiger partial charge in [-0.1, -0.05) is 50.5 Å². The summed E-state index contributed by atoms with van der Waals surface area (Å²) in [7, 11) is 0. The van der Waals surface area contributed by atoms with E-state index >= 15 is 0 Å². The van der Waals surface area contributed by atoms with Gasteiger partial charge in [0.05, 0.1) is 6.07 Å². The van der Waals surface area contributed by atoms with Crippen LogP contribution < -0.4 is 27.0 Å². The van der Waals surface area contributed by atoms with E-state index in [1.807, 2.05) is 25.1 Å². The minimum absolute atomic E-state index is 0.0156. The third-order valence-electron chi connectivity index (χ3n) is 9.95. The number of fused-ring (bicyclic) bond motifs is 5. The van der Waals surface area contributed by atoms with E-state index in [2.05, 4.69) is 28.2 Å². The summed E-state index contributed by atoms with van der Waals surface area (Å²) in [6.07, 6.45) is 5.39. The van der Waals surface area contributed by atoms with Gasteiger partial charge in [0, 0.05) is 29.7 Å². The quantitative estimate of drug-likeness (QED) is 0.0941. The Morgan fingerprint density at radius 1 is 0.964 bits per heavy atom. The summed E-state index contributed by atoms with van der Waals surface area (Å²) >= 11 is 0. The van der Waals surface area contributed by atoms with Crippen LogP contribution in [-0.4, -0.2) is 82.4 Å². The number of hydrogen-bond donors (Lipinski definition) is 7. The van der Waals surface area contributed by atoms with E-state index in [4.69, 9.17) is 11.0 Å². The molecular weight excluding hydrogens is 715 g/mol. The molecule has 8 N–H and O–H groups in total. The van der Waals surface area contributed by atoms with Gasteiger partial charge in [-0.3, -0.25) is 24.0 Å². The highest BCUT2D eigenvalue weighted by Gasteiger charge is 2.37. The second-order valence-corrected chi connectivity index (χ2v) is 14.1. The molecular formula is C42H53N7O7. The molecule has 0 aromatic heterocycles. The molecule has 1 unspecified atom stereocenters. The second kappa shape index (κ2) is 20.1. The highest BCUT2D eigenvalue weighted by Crippen LogP contribution is 2.39. The molecule has 0 aliphatic carbocycles. The van der Waals surface area contributed by atoms with Crippen molar-refractivity contribution < 1.29 is 34.2 Å². The van der Waals surface area contributed by atoms with Crippen LogP contribution in [0.5, 0.6) is 11.5 Å². The molecule has 56 heavy (non-hydrogen) atoms. The number of nitrogens with zero attached hydrogens (tertiary/aromatic N) is 2. The first-order valence-electron chi connectivity index (χ1n) is 19.1. The van der Waals surface area contributed by atoms with E-state index in [0.29, 0.717) is 11.1 Å². The lowest BCUT2D eigenvalue weighted by Gasteiger charge is -2.34. The number of aromatic hydroxyl groups is 2. The van der Waals surface area contributed by atoms with Crippen molar-refractivity contribution in [3.8, 4) is 28.7 Å². The second-order valence-electron chi connectivity index (χ2n) is 14.1. The van der Waals surface area contributed by atoms with Crippen LogP contribution in [0.4, 0.5) is 0 Å². The van der Waals surface area contributed by atoms with Crippen LogP contribution >= 0.6 is 0 Å². The summed E-state index contributed by atoms with van der Waals surface area (Å²) in [6, 6.07) is 11.3. The van der Waals surface area contributed by atoms with Gasteiger partial charge in [-0.15, -0.1) is 0 Å². The fourth-order valence-corrected chi connectivity index (χ4v) is 6.91. The molecule has 1 heterocycles. The van der Waals surface area contributed by atoms with Crippen molar-refractivity contribution in [1.29, 1.82) is 5.26 Å². The molecule has 4 bridgehead atoms. The molecule has 4 atom stereocenters. The Bertz CT molecular complexity index is 1960. The van der Waals surface area contributed by atoms with Crippen LogP contribution in [0.15, 0.2) is 54.6 Å². The zero-order chi connectivity index (χ0) is 40.9. The van der Waals surface area contributed by atoms with Crippen molar-refractivity contribution in [2.75, 3.05) is 19.6 Å². The molecule has 14 nitrogen and oxygen atoms in total. The third-order valence-corrected chi connectivity index (χ3v) is 9.95. The maximum absolute atomic E-state index is 14.5. The number of phenolic OH excluding ortho intramolecular Hbond substituents is 2. The minimum Gasteiger partial charge on any atom is -0.507 e. The van der Waals surface area contributed by atoms with Crippen LogP contribution in [-0.2, 0) is 32.0 Å². The van der Waals surface area contributed by atoms with Crippen molar-refractivity contribution in [2.45, 2.75) is 96.8 Å². The maximum atomic E-state index is 14.5. The maximum Gasteiger partial charge on any atom is 0.252 e. The van der Waals surface area contributed by atoms with Gasteiger partial charge < -0.3 is 42.1 Å². The highest BCUT2D eigenvalue weighted by molar-refractivity contribution is 6.00. The molecule has 0 fully saturated rings. The number of amides is 5. The third kappa shape index (κ3) is 10.6. The van der Waals surface area contributed by atoms with Gasteiger partial charge in [-0.25, -0.2) is 0 Å². The number of likely N-dealkylation sites (N-methyl/N-ethyl adjacent to an activating group) is 1. The smallest absolute Gasteiger partial charge is 0.252 e. The number of rotatable bonds is 14. The van der Waals surface area contributed by atoms with Crippen molar-refractivity contribution in [3.63, 3.8) is 0 Å². The molecule has 0 spiro atoms. The SMILES string of the molecule is CCCCCCc1ccc(C(=O)NC(CCN)C(=O)N(CC)[C@@H]2C(=O)N[C@@H](C)C(=O)N[C@H](C(=O)NCC#N)Cc3ccc(O)c(c3)-c3cc2ccc3O)c(C)c1. The Labute approximate surface area is 327 Å². The van der Waals surface area contributed by atoms with E-state index in [-0.39, 0.29) is 60.7 Å². The average Bonchev–Trinajstić information content (AvgIpc) is 3.17. The lowest BCUT2D eigenvalue weighted by molar-refractivity contribution is -0.143. The zero-order valence-corrected chi connectivity index (χ0v) is 32.5. The predicted octanol–water partition coefficient (Wildman–Crippen LogP) is 3.42. The largest absolute Gasteiger partial charge is 0.507 e. The molecule has 298 valence electrons. The summed E-state index contributed by atoms with van der Waals surface area (Å²) in [5.41, 5.74) is 9.29. The van der Waals surface area contributed by atoms with Crippen LogP contribution in [0.25, 0.3) is 11.1 Å². The molecule has 14 heteroatoms. The van der Waals surface area contributed by atoms with E-state index in [0.717, 1.165) is 36.8 Å². The van der Waals surface area contributed by atoms with Gasteiger partial charge in [0.25, 0.3) is 5.91 Å². The standard InChI is InChI=1S/C42H53N7O7/c1-5-7-8-9-10-27-11-14-30(25(3)21-27)39(53)47-33(17-18-43)42(56)49(6-2)37-29-13-16-36(51)32(24-29)31-22-28(12-15-35(31)50)23-34(40(54)45-20-19-44)48-38(52)26(4)46-41(37)55/h11-16,21-22,24,26,33-34,37,50-51H,5-10,17-18,20,23,43H2,1-4H3,(H,45,54)(H,46,55)(H,47,53)(H,48,52)/t26-,33?,34-,37-/m0/s1. The minimum atomic E-state index is -1.39. The fourth-order valence-electron chi connectivity index (χ4n) is 6.91. The Morgan fingerprint density at radius 3 is 2.34 bits per heavy atom. The summed E-state index contributed by atoms with van der Waals surface area (Å²) in [5.74, 6) is -3.64. The highest BCUT2D eigenvalue weighted by atomic mass is 16.3. The molecule has 3 aromatic carbocycles. The Morgan fingerprint density at radius 2 is 1.68 bits per heavy atom. The summed E-state index contributed by atoms with van der Waals surface area (Å²) in [6.45, 7) is 6.81. The number of phenols is 2. The number of unbranched alkanes of at least 4 members (excludes halogenated alkanes) is 3. The van der Waals surface area contributed by atoms with Gasteiger partial charge in [-0.05, 0) is 99.2 Å². The molecule has 1 aliphatic rings. The molecule has 3 aromatic rings. The first kappa shape index (κ1) is 42.8. The lowest BCUT2D eigenvalue weighted by atomic mass is 9.93. The van der Waals surface area contributed by atoms with Gasteiger partial charge in [-0.2, -0.15) is 5.26 Å². The van der Waals surface area contributed by atoms with Crippen LogP contribution in [0.2, 0.25) is 0 Å². The summed E-state index contributed by atoms with van der Waals surface area (Å²) < 4.78 is 0. The Balaban J connectivity index is 1.73. The number of nitrogens with two attached hydrogens (primary N) is 1. The van der Waals surface area contributed by atoms with Crippen molar-refractivity contribution in [1.82, 2.24) is 26.2 Å². The van der Waals surface area contributed by atoms with Gasteiger partial charge in [0.15, 0.2) is 0 Å². The van der Waals surface area contributed by atoms with Crippen LogP contribution in [0.3, 0.4) is 0 Å². The monoisotopic (exact) mass is 767 g/mol. The number of nitriles is 1. The van der Waals surface area contributed by atoms with E-state index in [1.165, 1.54) is 42.5 Å². The van der Waals surface area contributed by atoms with Gasteiger partial charge in [0.2, 0.25) is 23.6 Å². The predicted molar refractivity (Wildman–Crippen MR) is 211 cm³/mol. The van der Waals surface area contributed by atoms with Crippen molar-refractivity contribution in [3.05, 3.63) is 82.4 Å². The Hall–Kier alpha value is -5.94. The topological polar surface area (TPSA) is 227 Å². The zero-order valence-electron chi connectivity index (χ0n) is 32.5. The molecule has 5 amide bonds. The summed E-state index contributed by atoms with van der Waals surface area (Å²) in [5, 5.41) is 41.6. The fraction of sp³-hybridized carbons (Fsp3) is 0.429. The van der Waals surface area contributed by atoms with E-state index in [1.54, 1.807) is 25.1 Å². The van der Waals surface area contributed by atoms with Crippen LogP contribution in [0, 0.1) is 18.3 Å². The first-order valence-corrected chi connectivity index (χ1v) is 19.1. The van der Waals surface area contributed by atoms with Gasteiger partial charge in [0.1, 0.15) is 42.2 Å². The Kier molecular flexibility index (Phi) is 15.4. The number of nitrogens with one attached hydrogen (secondary N) is 4. The average molecular weight is 768 g/mol. The molecule has 1 aliphatic heterocycles. The molecule has 0 radical (unpaired) electrons. The number of aryl methyl sites for hydroxylation is 2. The number of hydrogen-bond acceptors (Lipinski definition) is 9.